The van der Waals surface area contributed by atoms with Crippen molar-refractivity contribution >= 4 is 51.2 Å². The lowest BCUT2D eigenvalue weighted by Crippen LogP contribution is -2.10. The summed E-state index contributed by atoms with van der Waals surface area (Å²) < 4.78 is 43.2. The first-order chi connectivity index (χ1) is 30.4. The van der Waals surface area contributed by atoms with E-state index in [-0.39, 0.29) is 29.9 Å². The molecule has 9 aromatic carbocycles. The number of benzene rings is 9. The lowest BCUT2D eigenvalue weighted by molar-refractivity contribution is 1.28. The fraction of sp³-hybridized carbons (Fsp3) is 0. The van der Waals surface area contributed by atoms with Gasteiger partial charge in [-0.2, -0.15) is 0 Å². The predicted octanol–water partition coefficient (Wildman–Crippen LogP) is 15.4. The van der Waals surface area contributed by atoms with Crippen molar-refractivity contribution in [2.75, 3.05) is 14.7 Å². The van der Waals surface area contributed by atoms with Crippen molar-refractivity contribution in [3.8, 4) is 22.3 Å². The van der Waals surface area contributed by atoms with Gasteiger partial charge in [0.25, 0.3) is 0 Å². The van der Waals surface area contributed by atoms with E-state index in [1.54, 1.807) is 4.90 Å². The van der Waals surface area contributed by atoms with Crippen LogP contribution in [0.3, 0.4) is 0 Å². The van der Waals surface area contributed by atoms with Crippen LogP contribution in [0.1, 0.15) is 6.85 Å². The molecular weight excluding hydrogens is 691 g/mol. The third-order valence-electron chi connectivity index (χ3n) is 9.94. The van der Waals surface area contributed by atoms with E-state index in [1.165, 1.54) is 0 Å². The Hall–Kier alpha value is -7.62. The molecule has 0 aliphatic rings. The SMILES string of the molecule is [2H]c1c([2H])c([2H])c(N(c2ccc(-c3ccc(N(c4ccccc4)c4ccccc4)cc3)cc2)c2ccc(-c3ccc(N(c4ccccc4)c4ccccc4)cc3)cc2)c([2H])c1[2H]. The minimum absolute atomic E-state index is 0.0778. The Bertz CT molecular complexity index is 2640. The Morgan fingerprint density at radius 2 is 0.421 bits per heavy atom. The van der Waals surface area contributed by atoms with E-state index in [0.29, 0.717) is 11.4 Å². The quantitative estimate of drug-likeness (QED) is 0.131. The summed E-state index contributed by atoms with van der Waals surface area (Å²) in [6.07, 6.45) is 0. The fourth-order valence-corrected chi connectivity index (χ4v) is 7.18. The van der Waals surface area contributed by atoms with Crippen molar-refractivity contribution in [2.45, 2.75) is 0 Å². The Kier molecular flexibility index (Phi) is 8.55. The summed E-state index contributed by atoms with van der Waals surface area (Å²) in [5.41, 5.74) is 11.7. The molecule has 0 aliphatic heterocycles. The highest BCUT2D eigenvalue weighted by molar-refractivity contribution is 5.82. The normalized spacial score (nSPS) is 12.0. The van der Waals surface area contributed by atoms with E-state index in [9.17, 15) is 0 Å². The highest BCUT2D eigenvalue weighted by atomic mass is 15.2. The molecule has 57 heavy (non-hydrogen) atoms. The number of rotatable bonds is 11. The van der Waals surface area contributed by atoms with Gasteiger partial charge >= 0.3 is 0 Å². The molecule has 0 radical (unpaired) electrons. The van der Waals surface area contributed by atoms with Crippen LogP contribution in [0.15, 0.2) is 249 Å². The van der Waals surface area contributed by atoms with Gasteiger partial charge in [0.1, 0.15) is 0 Å². The molecule has 0 bridgehead atoms. The van der Waals surface area contributed by atoms with Crippen LogP contribution in [0.25, 0.3) is 22.3 Å². The van der Waals surface area contributed by atoms with Gasteiger partial charge in [0.2, 0.25) is 0 Å². The molecule has 3 nitrogen and oxygen atoms in total. The first-order valence-electron chi connectivity index (χ1n) is 21.4. The molecule has 0 amide bonds. The number of para-hydroxylation sites is 5. The lowest BCUT2D eigenvalue weighted by Gasteiger charge is -2.26. The Morgan fingerprint density at radius 3 is 0.667 bits per heavy atom. The van der Waals surface area contributed by atoms with E-state index in [1.807, 2.05) is 121 Å². The molecule has 0 aromatic heterocycles. The fourth-order valence-electron chi connectivity index (χ4n) is 7.18. The van der Waals surface area contributed by atoms with E-state index >= 15 is 0 Å². The minimum atomic E-state index is -0.433. The molecule has 9 rings (SSSR count). The largest absolute Gasteiger partial charge is 0.311 e. The van der Waals surface area contributed by atoms with Gasteiger partial charge in [0.15, 0.2) is 0 Å². The maximum absolute atomic E-state index is 8.95. The second-order valence-corrected chi connectivity index (χ2v) is 13.5. The predicted molar refractivity (Wildman–Crippen MR) is 241 cm³/mol. The molecule has 3 heteroatoms. The zero-order valence-corrected chi connectivity index (χ0v) is 31.1. The third-order valence-corrected chi connectivity index (χ3v) is 9.94. The summed E-state index contributed by atoms with van der Waals surface area (Å²) in [7, 11) is 0. The molecule has 0 heterocycles. The van der Waals surface area contributed by atoms with Crippen LogP contribution in [-0.2, 0) is 0 Å². The molecule has 0 N–H and O–H groups in total. The first kappa shape index (κ1) is 29.7. The summed E-state index contributed by atoms with van der Waals surface area (Å²) >= 11 is 0. The van der Waals surface area contributed by atoms with Crippen LogP contribution in [0.5, 0.6) is 0 Å². The van der Waals surface area contributed by atoms with Crippen molar-refractivity contribution in [1.82, 2.24) is 0 Å². The van der Waals surface area contributed by atoms with Crippen LogP contribution in [0.2, 0.25) is 0 Å². The molecule has 0 saturated carbocycles. The minimum Gasteiger partial charge on any atom is -0.311 e. The molecule has 272 valence electrons. The van der Waals surface area contributed by atoms with Crippen LogP contribution in [-0.4, -0.2) is 0 Å². The van der Waals surface area contributed by atoms with Crippen molar-refractivity contribution < 1.29 is 6.85 Å². The maximum Gasteiger partial charge on any atom is 0.0645 e. The zero-order chi connectivity index (χ0) is 42.6. The van der Waals surface area contributed by atoms with Crippen molar-refractivity contribution in [2.24, 2.45) is 0 Å². The maximum atomic E-state index is 8.95. The molecule has 0 aliphatic carbocycles. The summed E-state index contributed by atoms with van der Waals surface area (Å²) in [6.45, 7) is 0. The van der Waals surface area contributed by atoms with Crippen LogP contribution < -0.4 is 14.7 Å². The average molecular weight is 737 g/mol. The molecule has 9 aromatic rings. The number of nitrogens with zero attached hydrogens (tertiary/aromatic N) is 3. The highest BCUT2D eigenvalue weighted by Gasteiger charge is 2.16. The van der Waals surface area contributed by atoms with E-state index in [4.69, 9.17) is 6.85 Å². The van der Waals surface area contributed by atoms with Gasteiger partial charge in [-0.25, -0.2) is 0 Å². The van der Waals surface area contributed by atoms with Gasteiger partial charge in [-0.1, -0.05) is 139 Å². The summed E-state index contributed by atoms with van der Waals surface area (Å²) in [5.74, 6) is 0. The van der Waals surface area contributed by atoms with Crippen molar-refractivity contribution in [3.63, 3.8) is 0 Å². The lowest BCUT2D eigenvalue weighted by atomic mass is 10.0. The topological polar surface area (TPSA) is 9.72 Å². The smallest absolute Gasteiger partial charge is 0.0645 e. The second kappa shape index (κ2) is 16.4. The van der Waals surface area contributed by atoms with Crippen molar-refractivity contribution in [1.29, 1.82) is 0 Å². The van der Waals surface area contributed by atoms with Crippen molar-refractivity contribution in [3.05, 3.63) is 249 Å². The number of hydrogen-bond acceptors (Lipinski definition) is 3. The Morgan fingerprint density at radius 1 is 0.211 bits per heavy atom. The standard InChI is InChI=1S/C54H41N3/c1-6-16-46(17-7-1)55(47-18-8-2-9-19-47)51-34-26-42(27-35-51)44-30-38-53(39-31-44)57(50-24-14-5-15-25-50)54-40-32-45(33-41-54)43-28-36-52(37-29-43)56(48-20-10-3-11-21-48)49-22-12-4-13-23-49/h1-41H/i5D,14D,15D,24D,25D. The second-order valence-electron chi connectivity index (χ2n) is 13.5. The molecule has 0 spiro atoms. The van der Waals surface area contributed by atoms with Gasteiger partial charge in [-0.15, -0.1) is 0 Å². The first-order valence-corrected chi connectivity index (χ1v) is 18.9. The van der Waals surface area contributed by atoms with Crippen LogP contribution in [0.4, 0.5) is 51.2 Å². The third kappa shape index (κ3) is 7.68. The summed E-state index contributed by atoms with van der Waals surface area (Å²) in [5, 5.41) is 0. The van der Waals surface area contributed by atoms with Gasteiger partial charge in [-0.05, 0) is 131 Å². The molecule has 0 unspecified atom stereocenters. The van der Waals surface area contributed by atoms with Gasteiger partial charge in [-0.3, -0.25) is 0 Å². The van der Waals surface area contributed by atoms with Crippen LogP contribution >= 0.6 is 0 Å². The Labute approximate surface area is 342 Å². The summed E-state index contributed by atoms with van der Waals surface area (Å²) in [4.78, 5) is 6.18. The highest BCUT2D eigenvalue weighted by Crippen LogP contribution is 2.39. The average Bonchev–Trinajstić information content (AvgIpc) is 3.34. The van der Waals surface area contributed by atoms with E-state index < -0.39 is 6.04 Å². The number of anilines is 9. The zero-order valence-electron chi connectivity index (χ0n) is 36.1. The van der Waals surface area contributed by atoms with Gasteiger partial charge in [0, 0.05) is 51.2 Å². The molecule has 0 saturated heterocycles. The molecule has 0 fully saturated rings. The van der Waals surface area contributed by atoms with E-state index in [0.717, 1.165) is 56.4 Å². The number of hydrogen-bond donors (Lipinski definition) is 0. The van der Waals surface area contributed by atoms with E-state index in [2.05, 4.69) is 107 Å². The Balaban J connectivity index is 1.04. The van der Waals surface area contributed by atoms with Gasteiger partial charge in [0.05, 0.1) is 6.85 Å². The van der Waals surface area contributed by atoms with Gasteiger partial charge < -0.3 is 14.7 Å². The monoisotopic (exact) mass is 736 g/mol. The molecular formula is C54H41N3. The summed E-state index contributed by atoms with van der Waals surface area (Å²) in [6, 6.07) is 71.9. The van der Waals surface area contributed by atoms with Crippen LogP contribution in [0, 0.1) is 0 Å². The molecule has 0 atom stereocenters.